The zero-order valence-electron chi connectivity index (χ0n) is 17.6. The number of carbonyl (C=O) groups is 1. The first-order valence-electron chi connectivity index (χ1n) is 9.76. The smallest absolute Gasteiger partial charge is 0.278 e. The van der Waals surface area contributed by atoms with Crippen molar-refractivity contribution in [3.63, 3.8) is 0 Å². The van der Waals surface area contributed by atoms with Crippen LogP contribution in [0.5, 0.6) is 0 Å². The number of aromatic nitrogens is 3. The molecule has 2 aromatic heterocycles. The van der Waals surface area contributed by atoms with Gasteiger partial charge in [-0.15, -0.1) is 0 Å². The molecule has 0 bridgehead atoms. The van der Waals surface area contributed by atoms with Gasteiger partial charge in [0, 0.05) is 20.1 Å². The zero-order chi connectivity index (χ0) is 20.4. The molecule has 2 heterocycles. The SMILES string of the molecule is CCN(CC)CCN(C(=O)c1c(C)cnn1C)c1nc2c(C)ccc(C)c2s1. The molecule has 0 saturated heterocycles. The van der Waals surface area contributed by atoms with E-state index >= 15 is 0 Å². The quantitative estimate of drug-likeness (QED) is 0.604. The maximum Gasteiger partial charge on any atom is 0.278 e. The lowest BCUT2D eigenvalue weighted by Gasteiger charge is -2.25. The molecule has 0 atom stereocenters. The summed E-state index contributed by atoms with van der Waals surface area (Å²) in [7, 11) is 1.81. The Bertz CT molecular complexity index is 928. The Labute approximate surface area is 170 Å². The number of fused-ring (bicyclic) bond motifs is 1. The van der Waals surface area contributed by atoms with Crippen LogP contribution in [0.15, 0.2) is 18.3 Å². The number of nitrogens with zero attached hydrogens (tertiary/aromatic N) is 5. The summed E-state index contributed by atoms with van der Waals surface area (Å²) in [6, 6.07) is 4.21. The second-order valence-corrected chi connectivity index (χ2v) is 8.13. The molecule has 7 heteroatoms. The molecule has 1 aromatic carbocycles. The van der Waals surface area contributed by atoms with Crippen molar-refractivity contribution < 1.29 is 4.79 Å². The Balaban J connectivity index is 2.04. The van der Waals surface area contributed by atoms with E-state index in [1.54, 1.807) is 22.2 Å². The maximum atomic E-state index is 13.5. The van der Waals surface area contributed by atoms with E-state index in [0.29, 0.717) is 12.2 Å². The van der Waals surface area contributed by atoms with Crippen LogP contribution in [0.25, 0.3) is 10.2 Å². The van der Waals surface area contributed by atoms with Gasteiger partial charge in [-0.3, -0.25) is 14.4 Å². The molecule has 0 aliphatic rings. The van der Waals surface area contributed by atoms with Gasteiger partial charge in [0.05, 0.1) is 16.4 Å². The number of amides is 1. The number of benzene rings is 1. The van der Waals surface area contributed by atoms with Crippen LogP contribution < -0.4 is 4.90 Å². The zero-order valence-corrected chi connectivity index (χ0v) is 18.4. The fourth-order valence-electron chi connectivity index (χ4n) is 3.41. The van der Waals surface area contributed by atoms with Crippen LogP contribution in [0.3, 0.4) is 0 Å². The number of rotatable bonds is 7. The monoisotopic (exact) mass is 399 g/mol. The Hall–Kier alpha value is -2.25. The second-order valence-electron chi connectivity index (χ2n) is 7.16. The lowest BCUT2D eigenvalue weighted by Crippen LogP contribution is -2.39. The van der Waals surface area contributed by atoms with Gasteiger partial charge in [0.25, 0.3) is 5.91 Å². The molecule has 1 amide bonds. The molecule has 0 fully saturated rings. The number of carbonyl (C=O) groups excluding carboxylic acids is 1. The summed E-state index contributed by atoms with van der Waals surface area (Å²) in [4.78, 5) is 22.5. The minimum Gasteiger partial charge on any atom is -0.302 e. The molecule has 6 nitrogen and oxygen atoms in total. The normalized spacial score (nSPS) is 11.5. The summed E-state index contributed by atoms with van der Waals surface area (Å²) in [5.41, 5.74) is 4.82. The van der Waals surface area contributed by atoms with Crippen molar-refractivity contribution in [1.82, 2.24) is 19.7 Å². The van der Waals surface area contributed by atoms with Gasteiger partial charge in [-0.05, 0) is 50.6 Å². The highest BCUT2D eigenvalue weighted by Crippen LogP contribution is 2.33. The third-order valence-electron chi connectivity index (χ3n) is 5.27. The number of hydrogen-bond donors (Lipinski definition) is 0. The third-order valence-corrected chi connectivity index (χ3v) is 6.48. The van der Waals surface area contributed by atoms with Crippen molar-refractivity contribution >= 4 is 32.6 Å². The largest absolute Gasteiger partial charge is 0.302 e. The van der Waals surface area contributed by atoms with Crippen LogP contribution in [0, 0.1) is 20.8 Å². The first-order valence-corrected chi connectivity index (χ1v) is 10.6. The van der Waals surface area contributed by atoms with Gasteiger partial charge < -0.3 is 4.90 Å². The van der Waals surface area contributed by atoms with E-state index in [1.165, 1.54) is 5.56 Å². The topological polar surface area (TPSA) is 54.3 Å². The van der Waals surface area contributed by atoms with Crippen molar-refractivity contribution in [2.24, 2.45) is 7.05 Å². The number of thiazole rings is 1. The average molecular weight is 400 g/mol. The van der Waals surface area contributed by atoms with Crippen molar-refractivity contribution in [2.45, 2.75) is 34.6 Å². The molecular formula is C21H29N5OS. The molecule has 0 aliphatic heterocycles. The summed E-state index contributed by atoms with van der Waals surface area (Å²) in [5.74, 6) is -0.0426. The lowest BCUT2D eigenvalue weighted by molar-refractivity contribution is 0.0974. The Morgan fingerprint density at radius 1 is 1.07 bits per heavy atom. The van der Waals surface area contributed by atoms with E-state index < -0.39 is 0 Å². The van der Waals surface area contributed by atoms with Crippen LogP contribution in [-0.2, 0) is 7.05 Å². The molecule has 0 N–H and O–H groups in total. The summed E-state index contributed by atoms with van der Waals surface area (Å²) < 4.78 is 2.81. The van der Waals surface area contributed by atoms with E-state index in [9.17, 15) is 4.79 Å². The minimum atomic E-state index is -0.0426. The summed E-state index contributed by atoms with van der Waals surface area (Å²) in [6.45, 7) is 13.7. The lowest BCUT2D eigenvalue weighted by atomic mass is 10.1. The fourth-order valence-corrected chi connectivity index (χ4v) is 4.55. The highest BCUT2D eigenvalue weighted by atomic mass is 32.1. The molecule has 0 saturated carbocycles. The Morgan fingerprint density at radius 3 is 2.32 bits per heavy atom. The number of likely N-dealkylation sites (N-methyl/N-ethyl adjacent to an activating group) is 1. The van der Waals surface area contributed by atoms with Gasteiger partial charge in [0.15, 0.2) is 5.13 Å². The van der Waals surface area contributed by atoms with Crippen molar-refractivity contribution in [3.8, 4) is 0 Å². The van der Waals surface area contributed by atoms with E-state index in [2.05, 4.69) is 49.8 Å². The first-order chi connectivity index (χ1) is 13.4. The Kier molecular flexibility index (Phi) is 6.15. The van der Waals surface area contributed by atoms with Gasteiger partial charge >= 0.3 is 0 Å². The first kappa shape index (κ1) is 20.5. The molecule has 0 spiro atoms. The Morgan fingerprint density at radius 2 is 1.75 bits per heavy atom. The number of aryl methyl sites for hydroxylation is 4. The van der Waals surface area contributed by atoms with Gasteiger partial charge in [-0.25, -0.2) is 4.98 Å². The summed E-state index contributed by atoms with van der Waals surface area (Å²) in [6.07, 6.45) is 1.74. The maximum absolute atomic E-state index is 13.5. The summed E-state index contributed by atoms with van der Waals surface area (Å²) in [5, 5.41) is 5.01. The van der Waals surface area contributed by atoms with E-state index in [1.807, 2.05) is 18.9 Å². The van der Waals surface area contributed by atoms with Crippen molar-refractivity contribution in [1.29, 1.82) is 0 Å². The average Bonchev–Trinajstić information content (AvgIpc) is 3.26. The fraction of sp³-hybridized carbons (Fsp3) is 0.476. The van der Waals surface area contributed by atoms with Gasteiger partial charge in [0.1, 0.15) is 5.69 Å². The van der Waals surface area contributed by atoms with Crippen LogP contribution in [0.4, 0.5) is 5.13 Å². The standard InChI is InChI=1S/C21H29N5OS/c1-7-25(8-2)11-12-26(20(27)18-16(5)13-22-24(18)6)21-23-17-14(3)9-10-15(4)19(17)28-21/h9-10,13H,7-8,11-12H2,1-6H3. The molecule has 0 unspecified atom stereocenters. The molecule has 28 heavy (non-hydrogen) atoms. The summed E-state index contributed by atoms with van der Waals surface area (Å²) >= 11 is 1.60. The van der Waals surface area contributed by atoms with Gasteiger partial charge in [-0.1, -0.05) is 37.3 Å². The molecule has 0 aliphatic carbocycles. The molecule has 3 rings (SSSR count). The molecule has 3 aromatic rings. The van der Waals surface area contributed by atoms with E-state index in [-0.39, 0.29) is 5.91 Å². The van der Waals surface area contributed by atoms with Gasteiger partial charge in [-0.2, -0.15) is 5.10 Å². The van der Waals surface area contributed by atoms with E-state index in [0.717, 1.165) is 46.1 Å². The van der Waals surface area contributed by atoms with Crippen LogP contribution in [-0.4, -0.2) is 51.8 Å². The van der Waals surface area contributed by atoms with Crippen molar-refractivity contribution in [2.75, 3.05) is 31.1 Å². The van der Waals surface area contributed by atoms with Crippen LogP contribution >= 0.6 is 11.3 Å². The van der Waals surface area contributed by atoms with Gasteiger partial charge in [0.2, 0.25) is 0 Å². The van der Waals surface area contributed by atoms with Crippen LogP contribution in [0.1, 0.15) is 41.0 Å². The predicted molar refractivity (Wildman–Crippen MR) is 117 cm³/mol. The molecule has 150 valence electrons. The number of anilines is 1. The minimum absolute atomic E-state index is 0.0426. The predicted octanol–water partition coefficient (Wildman–Crippen LogP) is 3.94. The third kappa shape index (κ3) is 3.82. The van der Waals surface area contributed by atoms with Crippen LogP contribution in [0.2, 0.25) is 0 Å². The van der Waals surface area contributed by atoms with Crippen molar-refractivity contribution in [3.05, 3.63) is 40.7 Å². The number of hydrogen-bond acceptors (Lipinski definition) is 5. The molecule has 0 radical (unpaired) electrons. The highest BCUT2D eigenvalue weighted by molar-refractivity contribution is 7.22. The highest BCUT2D eigenvalue weighted by Gasteiger charge is 2.26. The second kappa shape index (κ2) is 8.41. The molecular weight excluding hydrogens is 370 g/mol. The van der Waals surface area contributed by atoms with E-state index in [4.69, 9.17) is 4.98 Å².